The summed E-state index contributed by atoms with van der Waals surface area (Å²) in [6.07, 6.45) is 3.18. The molecule has 0 radical (unpaired) electrons. The lowest BCUT2D eigenvalue weighted by atomic mass is 9.95. The number of hydrogen-bond donors (Lipinski definition) is 1. The van der Waals surface area contributed by atoms with E-state index in [2.05, 4.69) is 6.92 Å². The molecule has 1 atom stereocenters. The molecule has 2 heterocycles. The van der Waals surface area contributed by atoms with Crippen LogP contribution in [-0.4, -0.2) is 30.2 Å². The van der Waals surface area contributed by atoms with Crippen LogP contribution < -0.4 is 19.1 Å². The van der Waals surface area contributed by atoms with E-state index in [4.69, 9.17) is 14.2 Å². The molecular formula is C29H27NO6. The molecule has 2 aliphatic heterocycles. The Bertz CT molecular complexity index is 1300. The maximum absolute atomic E-state index is 13.3. The third-order valence-corrected chi connectivity index (χ3v) is 6.34. The Morgan fingerprint density at radius 3 is 2.47 bits per heavy atom. The highest BCUT2D eigenvalue weighted by atomic mass is 16.7. The smallest absolute Gasteiger partial charge is 0.300 e. The average Bonchev–Trinajstić information content (AvgIpc) is 3.49. The summed E-state index contributed by atoms with van der Waals surface area (Å²) in [5, 5.41) is 11.3. The molecule has 5 rings (SSSR count). The Kier molecular flexibility index (Phi) is 6.62. The summed E-state index contributed by atoms with van der Waals surface area (Å²) in [6, 6.07) is 20.4. The number of Topliss-reactive ketones (excluding diaryl/α,β-unsaturated/α-hetero) is 1. The fourth-order valence-electron chi connectivity index (χ4n) is 4.49. The molecule has 0 saturated carbocycles. The van der Waals surface area contributed by atoms with Crippen molar-refractivity contribution in [2.75, 3.05) is 18.3 Å². The van der Waals surface area contributed by atoms with Gasteiger partial charge in [-0.25, -0.2) is 0 Å². The van der Waals surface area contributed by atoms with Crippen molar-refractivity contribution in [1.82, 2.24) is 0 Å². The molecule has 1 N–H and O–H groups in total. The predicted molar refractivity (Wildman–Crippen MR) is 135 cm³/mol. The van der Waals surface area contributed by atoms with Crippen molar-refractivity contribution in [1.29, 1.82) is 0 Å². The maximum Gasteiger partial charge on any atom is 0.300 e. The van der Waals surface area contributed by atoms with Gasteiger partial charge in [0, 0.05) is 17.3 Å². The van der Waals surface area contributed by atoms with Crippen LogP contribution in [0.25, 0.3) is 5.76 Å². The summed E-state index contributed by atoms with van der Waals surface area (Å²) >= 11 is 0. The minimum Gasteiger partial charge on any atom is -0.507 e. The van der Waals surface area contributed by atoms with Gasteiger partial charge >= 0.3 is 0 Å². The van der Waals surface area contributed by atoms with Crippen LogP contribution in [0.3, 0.4) is 0 Å². The molecule has 0 aliphatic carbocycles. The minimum atomic E-state index is -0.809. The molecule has 0 spiro atoms. The van der Waals surface area contributed by atoms with Crippen LogP contribution in [0.2, 0.25) is 0 Å². The topological polar surface area (TPSA) is 85.3 Å². The number of amides is 1. The van der Waals surface area contributed by atoms with Crippen molar-refractivity contribution < 1.29 is 28.9 Å². The maximum atomic E-state index is 13.3. The van der Waals surface area contributed by atoms with E-state index in [1.54, 1.807) is 42.5 Å². The van der Waals surface area contributed by atoms with Crippen LogP contribution in [0.1, 0.15) is 43.4 Å². The number of nitrogens with zero attached hydrogens (tertiary/aromatic N) is 1. The van der Waals surface area contributed by atoms with Crippen molar-refractivity contribution >= 4 is 23.1 Å². The second kappa shape index (κ2) is 10.2. The van der Waals surface area contributed by atoms with E-state index in [0.717, 1.165) is 19.3 Å². The molecule has 7 heteroatoms. The lowest BCUT2D eigenvalue weighted by Crippen LogP contribution is -2.29. The Morgan fingerprint density at radius 1 is 0.972 bits per heavy atom. The zero-order chi connectivity index (χ0) is 25.1. The van der Waals surface area contributed by atoms with Gasteiger partial charge in [-0.15, -0.1) is 0 Å². The first-order valence-corrected chi connectivity index (χ1v) is 12.1. The number of fused-ring (bicyclic) bond motifs is 1. The summed E-state index contributed by atoms with van der Waals surface area (Å²) in [4.78, 5) is 28.0. The van der Waals surface area contributed by atoms with Crippen molar-refractivity contribution in [2.45, 2.75) is 32.2 Å². The molecule has 1 amide bonds. The zero-order valence-electron chi connectivity index (χ0n) is 20.0. The van der Waals surface area contributed by atoms with E-state index in [0.29, 0.717) is 40.7 Å². The lowest BCUT2D eigenvalue weighted by Gasteiger charge is -2.25. The highest BCUT2D eigenvalue weighted by Crippen LogP contribution is 2.44. The molecule has 0 bridgehead atoms. The second-order valence-electron chi connectivity index (χ2n) is 8.70. The molecule has 1 unspecified atom stereocenters. The molecule has 2 aliphatic rings. The number of aliphatic hydroxyl groups excluding tert-OH is 1. The largest absolute Gasteiger partial charge is 0.507 e. The zero-order valence-corrected chi connectivity index (χ0v) is 20.0. The SMILES string of the molecule is CCCCCOc1ccc(/C(O)=C2\C(=O)C(=O)N(c3ccc4c(c3)OCO4)C2c2ccccc2)cc1. The third-order valence-electron chi connectivity index (χ3n) is 6.34. The Hall–Kier alpha value is -4.26. The summed E-state index contributed by atoms with van der Waals surface area (Å²) in [5.74, 6) is 0.0458. The first-order valence-electron chi connectivity index (χ1n) is 12.1. The molecule has 1 fully saturated rings. The highest BCUT2D eigenvalue weighted by molar-refractivity contribution is 6.51. The van der Waals surface area contributed by atoms with Gasteiger partial charge in [0.15, 0.2) is 11.5 Å². The standard InChI is InChI=1S/C29H27NO6/c1-2-3-7-16-34-22-13-10-20(11-14-22)27(31)25-26(19-8-5-4-6-9-19)30(29(33)28(25)32)21-12-15-23-24(17-21)36-18-35-23/h4-6,8-15,17,26,31H,2-3,7,16,18H2,1H3/b27-25+. The van der Waals surface area contributed by atoms with E-state index in [-0.39, 0.29) is 18.1 Å². The first kappa shape index (κ1) is 23.5. The van der Waals surface area contributed by atoms with Gasteiger partial charge in [0.05, 0.1) is 18.2 Å². The van der Waals surface area contributed by atoms with Gasteiger partial charge in [-0.1, -0.05) is 50.1 Å². The van der Waals surface area contributed by atoms with Crippen molar-refractivity contribution in [2.24, 2.45) is 0 Å². The number of hydrogen-bond acceptors (Lipinski definition) is 6. The summed E-state index contributed by atoms with van der Waals surface area (Å²) in [7, 11) is 0. The van der Waals surface area contributed by atoms with Gasteiger partial charge in [0.1, 0.15) is 11.5 Å². The Labute approximate surface area is 209 Å². The van der Waals surface area contributed by atoms with Gasteiger partial charge in [-0.2, -0.15) is 0 Å². The van der Waals surface area contributed by atoms with Gasteiger partial charge in [-0.3, -0.25) is 14.5 Å². The number of ketones is 1. The Balaban J connectivity index is 1.53. The first-order chi connectivity index (χ1) is 17.6. The number of aliphatic hydroxyl groups is 1. The van der Waals surface area contributed by atoms with Crippen LogP contribution >= 0.6 is 0 Å². The fraction of sp³-hybridized carbons (Fsp3) is 0.241. The van der Waals surface area contributed by atoms with Crippen LogP contribution in [0, 0.1) is 0 Å². The number of benzene rings is 3. The van der Waals surface area contributed by atoms with Gasteiger partial charge < -0.3 is 19.3 Å². The van der Waals surface area contributed by atoms with E-state index in [1.165, 1.54) is 4.90 Å². The minimum absolute atomic E-state index is 0.0282. The van der Waals surface area contributed by atoms with Gasteiger partial charge in [0.2, 0.25) is 6.79 Å². The quantitative estimate of drug-likeness (QED) is 0.193. The average molecular weight is 486 g/mol. The molecule has 36 heavy (non-hydrogen) atoms. The van der Waals surface area contributed by atoms with Crippen molar-refractivity contribution in [3.8, 4) is 17.2 Å². The summed E-state index contributed by atoms with van der Waals surface area (Å²) in [5.41, 5.74) is 1.64. The molecule has 184 valence electrons. The van der Waals surface area contributed by atoms with Crippen LogP contribution in [-0.2, 0) is 9.59 Å². The molecular weight excluding hydrogens is 458 g/mol. The number of rotatable bonds is 8. The van der Waals surface area contributed by atoms with E-state index < -0.39 is 17.7 Å². The predicted octanol–water partition coefficient (Wildman–Crippen LogP) is 5.61. The Morgan fingerprint density at radius 2 is 1.72 bits per heavy atom. The van der Waals surface area contributed by atoms with Crippen LogP contribution in [0.4, 0.5) is 5.69 Å². The number of carbonyl (C=O) groups is 2. The molecule has 7 nitrogen and oxygen atoms in total. The van der Waals surface area contributed by atoms with Crippen LogP contribution in [0.15, 0.2) is 78.4 Å². The van der Waals surface area contributed by atoms with Crippen LogP contribution in [0.5, 0.6) is 17.2 Å². The van der Waals surface area contributed by atoms with Gasteiger partial charge in [0.25, 0.3) is 11.7 Å². The number of ether oxygens (including phenoxy) is 3. The monoisotopic (exact) mass is 485 g/mol. The highest BCUT2D eigenvalue weighted by Gasteiger charge is 2.47. The number of unbranched alkanes of at least 4 members (excludes halogenated alkanes) is 2. The lowest BCUT2D eigenvalue weighted by molar-refractivity contribution is -0.132. The van der Waals surface area contributed by atoms with Crippen molar-refractivity contribution in [3.05, 3.63) is 89.5 Å². The van der Waals surface area contributed by atoms with Crippen molar-refractivity contribution in [3.63, 3.8) is 0 Å². The molecule has 3 aromatic carbocycles. The number of carbonyl (C=O) groups excluding carboxylic acids is 2. The second-order valence-corrected chi connectivity index (χ2v) is 8.70. The number of anilines is 1. The van der Waals surface area contributed by atoms with E-state index in [1.807, 2.05) is 30.3 Å². The fourth-order valence-corrected chi connectivity index (χ4v) is 4.49. The van der Waals surface area contributed by atoms with E-state index in [9.17, 15) is 14.7 Å². The summed E-state index contributed by atoms with van der Waals surface area (Å²) < 4.78 is 16.6. The third kappa shape index (κ3) is 4.40. The molecule has 1 saturated heterocycles. The molecule has 0 aromatic heterocycles. The molecule has 3 aromatic rings. The van der Waals surface area contributed by atoms with E-state index >= 15 is 0 Å². The van der Waals surface area contributed by atoms with Gasteiger partial charge in [-0.05, 0) is 48.4 Å². The normalized spacial score (nSPS) is 18.0. The summed E-state index contributed by atoms with van der Waals surface area (Å²) in [6.45, 7) is 2.85.